The molecule has 0 bridgehead atoms. The second-order valence-corrected chi connectivity index (χ2v) is 5.90. The van der Waals surface area contributed by atoms with E-state index in [-0.39, 0.29) is 0 Å². The number of ether oxygens (including phenoxy) is 1. The molecule has 4 aromatic carbocycles. The van der Waals surface area contributed by atoms with Gasteiger partial charge in [-0.15, -0.1) is 0 Å². The molecule has 0 aliphatic carbocycles. The Bertz CT molecular complexity index is 1060. The Morgan fingerprint density at radius 1 is 0.750 bits per heavy atom. The fraction of sp³-hybridized carbons (Fsp3) is 0.0435. The molecule has 1 heteroatoms. The minimum atomic E-state index is 0.890. The molecule has 0 spiro atoms. The number of methoxy groups -OCH3 is 1. The van der Waals surface area contributed by atoms with Gasteiger partial charge in [0.15, 0.2) is 0 Å². The third-order valence-corrected chi connectivity index (χ3v) is 4.53. The molecule has 0 N–H and O–H groups in total. The minimum absolute atomic E-state index is 0.890. The van der Waals surface area contributed by atoms with Crippen LogP contribution in [0.5, 0.6) is 5.75 Å². The summed E-state index contributed by atoms with van der Waals surface area (Å²) < 4.78 is 5.50. The highest BCUT2D eigenvalue weighted by molar-refractivity contribution is 6.01. The van der Waals surface area contributed by atoms with E-state index < -0.39 is 0 Å². The molecule has 116 valence electrons. The average Bonchev–Trinajstić information content (AvgIpc) is 2.66. The van der Waals surface area contributed by atoms with Gasteiger partial charge in [0, 0.05) is 5.39 Å². The maximum absolute atomic E-state index is 5.50. The summed E-state index contributed by atoms with van der Waals surface area (Å²) in [5.41, 5.74) is 3.31. The zero-order chi connectivity index (χ0) is 16.5. The smallest absolute Gasteiger partial charge is 0.126 e. The van der Waals surface area contributed by atoms with Gasteiger partial charge >= 0.3 is 0 Å². The van der Waals surface area contributed by atoms with Crippen LogP contribution in [0.1, 0.15) is 11.1 Å². The zero-order valence-corrected chi connectivity index (χ0v) is 13.6. The van der Waals surface area contributed by atoms with E-state index in [2.05, 4.69) is 73.3 Å². The van der Waals surface area contributed by atoms with E-state index in [1.807, 2.05) is 12.1 Å². The summed E-state index contributed by atoms with van der Waals surface area (Å²) in [7, 11) is 1.71. The van der Waals surface area contributed by atoms with Crippen molar-refractivity contribution in [3.63, 3.8) is 0 Å². The molecule has 0 amide bonds. The Balaban J connectivity index is 1.88. The van der Waals surface area contributed by atoms with Gasteiger partial charge < -0.3 is 4.74 Å². The van der Waals surface area contributed by atoms with Crippen molar-refractivity contribution in [1.29, 1.82) is 0 Å². The maximum Gasteiger partial charge on any atom is 0.126 e. The lowest BCUT2D eigenvalue weighted by molar-refractivity contribution is 0.420. The third kappa shape index (κ3) is 2.35. The summed E-state index contributed by atoms with van der Waals surface area (Å²) in [5.74, 6) is 0.890. The van der Waals surface area contributed by atoms with Crippen LogP contribution in [0.2, 0.25) is 0 Å². The topological polar surface area (TPSA) is 9.23 Å². The van der Waals surface area contributed by atoms with Crippen LogP contribution in [0.4, 0.5) is 0 Å². The van der Waals surface area contributed by atoms with Crippen molar-refractivity contribution in [3.05, 3.63) is 96.6 Å². The van der Waals surface area contributed by atoms with E-state index >= 15 is 0 Å². The van der Waals surface area contributed by atoms with Crippen LogP contribution in [0.25, 0.3) is 27.1 Å². The molecule has 0 atom stereocenters. The molecule has 0 fully saturated rings. The van der Waals surface area contributed by atoms with E-state index in [9.17, 15) is 0 Å². The second-order valence-electron chi connectivity index (χ2n) is 5.90. The average molecular weight is 310 g/mol. The van der Waals surface area contributed by atoms with Crippen LogP contribution in [0, 0.1) is 0 Å². The van der Waals surface area contributed by atoms with Gasteiger partial charge in [-0.25, -0.2) is 0 Å². The van der Waals surface area contributed by atoms with Crippen LogP contribution >= 0.6 is 0 Å². The molecule has 0 aliphatic rings. The van der Waals surface area contributed by atoms with Gasteiger partial charge in [-0.3, -0.25) is 0 Å². The van der Waals surface area contributed by atoms with E-state index in [1.54, 1.807) is 7.11 Å². The molecule has 0 aliphatic heterocycles. The largest absolute Gasteiger partial charge is 0.496 e. The van der Waals surface area contributed by atoms with Crippen LogP contribution in [-0.2, 0) is 0 Å². The second kappa shape index (κ2) is 5.86. The summed E-state index contributed by atoms with van der Waals surface area (Å²) in [6, 6.07) is 27.3. The quantitative estimate of drug-likeness (QED) is 0.446. The molecule has 4 rings (SSSR count). The molecule has 0 aromatic heterocycles. The summed E-state index contributed by atoms with van der Waals surface area (Å²) in [6.07, 6.45) is 0. The van der Waals surface area contributed by atoms with Crippen molar-refractivity contribution < 1.29 is 4.74 Å². The number of hydrogen-bond acceptors (Lipinski definition) is 1. The molecule has 4 aromatic rings. The number of benzene rings is 4. The Labute approximate surface area is 141 Å². The first kappa shape index (κ1) is 14.5. The summed E-state index contributed by atoms with van der Waals surface area (Å²) in [4.78, 5) is 0. The van der Waals surface area contributed by atoms with E-state index in [4.69, 9.17) is 4.74 Å². The van der Waals surface area contributed by atoms with Crippen molar-refractivity contribution in [2.75, 3.05) is 7.11 Å². The molecule has 0 unspecified atom stereocenters. The first-order valence-corrected chi connectivity index (χ1v) is 8.02. The molecule has 24 heavy (non-hydrogen) atoms. The Morgan fingerprint density at radius 3 is 2.25 bits per heavy atom. The van der Waals surface area contributed by atoms with Crippen molar-refractivity contribution in [2.45, 2.75) is 0 Å². The normalized spacial score (nSPS) is 10.9. The van der Waals surface area contributed by atoms with Crippen LogP contribution in [-0.4, -0.2) is 7.11 Å². The number of rotatable bonds is 3. The van der Waals surface area contributed by atoms with Gasteiger partial charge in [0.2, 0.25) is 0 Å². The highest BCUT2D eigenvalue weighted by Gasteiger charge is 2.10. The van der Waals surface area contributed by atoms with Gasteiger partial charge in [0.05, 0.1) is 7.11 Å². The van der Waals surface area contributed by atoms with Gasteiger partial charge in [-0.2, -0.15) is 0 Å². The molecular weight excluding hydrogens is 292 g/mol. The van der Waals surface area contributed by atoms with E-state index in [0.29, 0.717) is 0 Å². The highest BCUT2D eigenvalue weighted by atomic mass is 16.5. The van der Waals surface area contributed by atoms with E-state index in [1.165, 1.54) is 10.8 Å². The number of hydrogen-bond donors (Lipinski definition) is 0. The summed E-state index contributed by atoms with van der Waals surface area (Å²) >= 11 is 0. The van der Waals surface area contributed by atoms with Gasteiger partial charge in [-0.05, 0) is 45.0 Å². The Hall–Kier alpha value is -3.06. The van der Waals surface area contributed by atoms with Crippen molar-refractivity contribution in [2.24, 2.45) is 0 Å². The van der Waals surface area contributed by atoms with Crippen LogP contribution in [0.15, 0.2) is 85.4 Å². The van der Waals surface area contributed by atoms with Crippen LogP contribution < -0.4 is 4.74 Å². The first-order valence-electron chi connectivity index (χ1n) is 8.02. The molecule has 0 heterocycles. The minimum Gasteiger partial charge on any atom is -0.496 e. The summed E-state index contributed by atoms with van der Waals surface area (Å²) in [6.45, 7) is 4.37. The maximum atomic E-state index is 5.50. The van der Waals surface area contributed by atoms with Crippen molar-refractivity contribution in [1.82, 2.24) is 0 Å². The number of fused-ring (bicyclic) bond motifs is 2. The lowest BCUT2D eigenvalue weighted by atomic mass is 9.93. The highest BCUT2D eigenvalue weighted by Crippen LogP contribution is 2.34. The zero-order valence-electron chi connectivity index (χ0n) is 13.6. The molecule has 0 saturated carbocycles. The molecule has 1 nitrogen and oxygen atoms in total. The van der Waals surface area contributed by atoms with Crippen LogP contribution in [0.3, 0.4) is 0 Å². The van der Waals surface area contributed by atoms with Gasteiger partial charge in [0.1, 0.15) is 5.75 Å². The SMILES string of the molecule is C=C(c1ccc2ccccc2c1)c1ccc(OC)c2ccccc12. The summed E-state index contributed by atoms with van der Waals surface area (Å²) in [5, 5.41) is 4.75. The monoisotopic (exact) mass is 310 g/mol. The molecule has 0 saturated heterocycles. The van der Waals surface area contributed by atoms with Crippen molar-refractivity contribution in [3.8, 4) is 5.75 Å². The fourth-order valence-corrected chi connectivity index (χ4v) is 3.25. The van der Waals surface area contributed by atoms with Gasteiger partial charge in [0.25, 0.3) is 0 Å². The van der Waals surface area contributed by atoms with E-state index in [0.717, 1.165) is 33.2 Å². The predicted molar refractivity (Wildman–Crippen MR) is 103 cm³/mol. The lowest BCUT2D eigenvalue weighted by Crippen LogP contribution is -1.91. The Kier molecular flexibility index (Phi) is 3.55. The molecular formula is C23H18O. The third-order valence-electron chi connectivity index (χ3n) is 4.53. The standard InChI is InChI=1S/C23H18O/c1-16(18-12-11-17-7-3-4-8-19(17)15-18)20-13-14-23(24-2)22-10-6-5-9-21(20)22/h3-15H,1H2,2H3. The Morgan fingerprint density at radius 2 is 1.46 bits per heavy atom. The molecule has 0 radical (unpaired) electrons. The predicted octanol–water partition coefficient (Wildman–Crippen LogP) is 6.06. The fourth-order valence-electron chi connectivity index (χ4n) is 3.25. The first-order chi connectivity index (χ1) is 11.8. The lowest BCUT2D eigenvalue weighted by Gasteiger charge is -2.13. The van der Waals surface area contributed by atoms with Gasteiger partial charge in [-0.1, -0.05) is 73.3 Å². The van der Waals surface area contributed by atoms with Crippen molar-refractivity contribution >= 4 is 27.1 Å².